The zero-order valence-corrected chi connectivity index (χ0v) is 28.3. The number of hydrogen-bond donors (Lipinski definition) is 0. The van der Waals surface area contributed by atoms with Crippen LogP contribution in [0.2, 0.25) is 25.7 Å². The molecule has 0 aliphatic carbocycles. The fourth-order valence-corrected chi connectivity index (χ4v) is 6.01. The average molecular weight is 668 g/mol. The molecule has 1 aromatic carbocycles. The van der Waals surface area contributed by atoms with Crippen molar-refractivity contribution in [3.05, 3.63) is 65.0 Å². The first-order chi connectivity index (χ1) is 20.8. The van der Waals surface area contributed by atoms with E-state index >= 15 is 0 Å². The molecule has 0 radical (unpaired) electrons. The molecule has 0 saturated carbocycles. The van der Waals surface area contributed by atoms with Gasteiger partial charge in [0.25, 0.3) is 0 Å². The van der Waals surface area contributed by atoms with Gasteiger partial charge in [0.15, 0.2) is 11.6 Å². The molecule has 3 aromatic heterocycles. The molecule has 5 rings (SSSR count). The highest BCUT2D eigenvalue weighted by Gasteiger charge is 2.22. The quantitative estimate of drug-likeness (QED) is 0.0881. The largest absolute Gasteiger partial charge is 0.490 e. The molecule has 230 valence electrons. The van der Waals surface area contributed by atoms with E-state index in [-0.39, 0.29) is 0 Å². The van der Waals surface area contributed by atoms with Crippen LogP contribution in [0.25, 0.3) is 22.2 Å². The minimum Gasteiger partial charge on any atom is -0.490 e. The number of fused-ring (bicyclic) bond motifs is 1. The van der Waals surface area contributed by atoms with Crippen LogP contribution in [0.5, 0.6) is 5.75 Å². The molecule has 0 amide bonds. The minimum atomic E-state index is -1.18. The Morgan fingerprint density at radius 3 is 2.47 bits per heavy atom. The number of aromatic nitrogens is 4. The van der Waals surface area contributed by atoms with Gasteiger partial charge in [-0.1, -0.05) is 50.0 Å². The summed E-state index contributed by atoms with van der Waals surface area (Å²) in [6, 6.07) is 15.4. The zero-order valence-electron chi connectivity index (χ0n) is 25.8. The van der Waals surface area contributed by atoms with E-state index in [0.29, 0.717) is 26.6 Å². The van der Waals surface area contributed by atoms with Crippen molar-refractivity contribution in [1.82, 2.24) is 24.6 Å². The van der Waals surface area contributed by atoms with Gasteiger partial charge in [0.05, 0.1) is 31.5 Å². The lowest BCUT2D eigenvalue weighted by molar-refractivity contribution is 0.0818. The minimum absolute atomic E-state index is 0.378. The molecule has 0 N–H and O–H groups in total. The highest BCUT2D eigenvalue weighted by atomic mass is 79.9. The second-order valence-corrected chi connectivity index (χ2v) is 18.7. The molecule has 0 atom stereocenters. The van der Waals surface area contributed by atoms with Crippen LogP contribution >= 0.6 is 15.9 Å². The van der Waals surface area contributed by atoms with Crippen molar-refractivity contribution in [2.75, 3.05) is 57.9 Å². The molecule has 11 heteroatoms. The Bertz CT molecular complexity index is 1470. The average Bonchev–Trinajstić information content (AvgIpc) is 3.35. The summed E-state index contributed by atoms with van der Waals surface area (Å²) in [5, 5.41) is 5.97. The smallest absolute Gasteiger partial charge is 0.171 e. The van der Waals surface area contributed by atoms with Crippen LogP contribution in [0.1, 0.15) is 12.0 Å². The van der Waals surface area contributed by atoms with E-state index in [1.54, 1.807) is 0 Å². The molecule has 4 heterocycles. The number of benzene rings is 1. The number of anilines is 1. The van der Waals surface area contributed by atoms with Gasteiger partial charge in [0, 0.05) is 64.4 Å². The third-order valence-electron chi connectivity index (χ3n) is 7.52. The maximum Gasteiger partial charge on any atom is 0.171 e. The SMILES string of the molecule is CN1CCN(c2ncc(-c3nn(COCC[Si](C)(C)C)c4cnc(Br)cc34)cc2OCCCOCc2ccccc2)CC1. The molecule has 1 fully saturated rings. The van der Waals surface area contributed by atoms with E-state index in [2.05, 4.69) is 75.6 Å². The number of hydrogen-bond acceptors (Lipinski definition) is 8. The van der Waals surface area contributed by atoms with Gasteiger partial charge in [-0.05, 0) is 46.7 Å². The first-order valence-electron chi connectivity index (χ1n) is 15.0. The molecule has 0 spiro atoms. The van der Waals surface area contributed by atoms with Crippen molar-refractivity contribution < 1.29 is 14.2 Å². The van der Waals surface area contributed by atoms with Crippen LogP contribution in [0.3, 0.4) is 0 Å². The number of pyridine rings is 2. The summed E-state index contributed by atoms with van der Waals surface area (Å²) in [5.41, 5.74) is 3.83. The van der Waals surface area contributed by atoms with Crippen LogP contribution in [0.15, 0.2) is 59.5 Å². The maximum absolute atomic E-state index is 6.41. The highest BCUT2D eigenvalue weighted by molar-refractivity contribution is 9.10. The second-order valence-electron chi connectivity index (χ2n) is 12.3. The lowest BCUT2D eigenvalue weighted by Crippen LogP contribution is -2.45. The Hall–Kier alpha value is -2.83. The van der Waals surface area contributed by atoms with E-state index in [9.17, 15) is 0 Å². The van der Waals surface area contributed by atoms with E-state index < -0.39 is 8.07 Å². The summed E-state index contributed by atoms with van der Waals surface area (Å²) in [7, 11) is 0.978. The molecule has 4 aromatic rings. The highest BCUT2D eigenvalue weighted by Crippen LogP contribution is 2.35. The first kappa shape index (κ1) is 31.6. The summed E-state index contributed by atoms with van der Waals surface area (Å²) < 4.78 is 21.0. The van der Waals surface area contributed by atoms with Crippen molar-refractivity contribution in [3.63, 3.8) is 0 Å². The number of rotatable bonds is 14. The van der Waals surface area contributed by atoms with Crippen molar-refractivity contribution >= 4 is 40.7 Å². The summed E-state index contributed by atoms with van der Waals surface area (Å²) >= 11 is 3.55. The van der Waals surface area contributed by atoms with Gasteiger partial charge in [0.1, 0.15) is 17.0 Å². The Morgan fingerprint density at radius 1 is 0.907 bits per heavy atom. The van der Waals surface area contributed by atoms with Gasteiger partial charge in [0.2, 0.25) is 0 Å². The van der Waals surface area contributed by atoms with Crippen molar-refractivity contribution in [2.24, 2.45) is 0 Å². The molecule has 9 nitrogen and oxygen atoms in total. The predicted molar refractivity (Wildman–Crippen MR) is 178 cm³/mol. The van der Waals surface area contributed by atoms with Crippen LogP contribution in [-0.4, -0.2) is 85.8 Å². The summed E-state index contributed by atoms with van der Waals surface area (Å²) in [5.74, 6) is 1.65. The lowest BCUT2D eigenvalue weighted by atomic mass is 10.1. The first-order valence-corrected chi connectivity index (χ1v) is 19.5. The van der Waals surface area contributed by atoms with Gasteiger partial charge < -0.3 is 24.0 Å². The van der Waals surface area contributed by atoms with Crippen molar-refractivity contribution in [1.29, 1.82) is 0 Å². The number of ether oxygens (including phenoxy) is 3. The number of nitrogens with zero attached hydrogens (tertiary/aromatic N) is 6. The van der Waals surface area contributed by atoms with Gasteiger partial charge in [-0.3, -0.25) is 0 Å². The third-order valence-corrected chi connectivity index (χ3v) is 9.66. The Kier molecular flexibility index (Phi) is 10.8. The maximum atomic E-state index is 6.41. The van der Waals surface area contributed by atoms with Gasteiger partial charge >= 0.3 is 0 Å². The molecule has 1 aliphatic rings. The Labute approximate surface area is 264 Å². The van der Waals surface area contributed by atoms with Crippen LogP contribution in [0, 0.1) is 0 Å². The standard InChI is InChI=1S/C32H43BrN6O3Si/c1-37-11-13-38(14-12-37)32-29(42-16-8-15-40-23-25-9-6-5-7-10-25)19-26(21-35-32)31-27-20-30(33)34-22-28(27)39(36-31)24-41-17-18-43(2,3)4/h5-7,9-10,19-22H,8,11-18,23-24H2,1-4H3. The van der Waals surface area contributed by atoms with E-state index in [4.69, 9.17) is 24.3 Å². The van der Waals surface area contributed by atoms with E-state index in [1.807, 2.05) is 41.3 Å². The molecule has 1 aliphatic heterocycles. The van der Waals surface area contributed by atoms with Crippen LogP contribution in [-0.2, 0) is 22.8 Å². The number of halogens is 1. The van der Waals surface area contributed by atoms with E-state index in [1.165, 1.54) is 5.56 Å². The fraction of sp³-hybridized carbons (Fsp3) is 0.469. The van der Waals surface area contributed by atoms with Crippen LogP contribution < -0.4 is 9.64 Å². The number of likely N-dealkylation sites (N-methyl/N-ethyl adjacent to an activating group) is 1. The monoisotopic (exact) mass is 666 g/mol. The normalized spacial score (nSPS) is 14.5. The van der Waals surface area contributed by atoms with Gasteiger partial charge in [-0.2, -0.15) is 5.10 Å². The molecule has 0 bridgehead atoms. The van der Waals surface area contributed by atoms with Gasteiger partial charge in [-0.25, -0.2) is 14.6 Å². The number of piperazine rings is 1. The zero-order chi connectivity index (χ0) is 30.2. The third kappa shape index (κ3) is 8.85. The lowest BCUT2D eigenvalue weighted by Gasteiger charge is -2.34. The van der Waals surface area contributed by atoms with Crippen molar-refractivity contribution in [3.8, 4) is 17.0 Å². The molecule has 0 unspecified atom stereocenters. The van der Waals surface area contributed by atoms with Crippen LogP contribution in [0.4, 0.5) is 5.82 Å². The summed E-state index contributed by atoms with van der Waals surface area (Å²) in [4.78, 5) is 14.1. The summed E-state index contributed by atoms with van der Waals surface area (Å²) in [6.07, 6.45) is 4.54. The predicted octanol–water partition coefficient (Wildman–Crippen LogP) is 6.31. The van der Waals surface area contributed by atoms with Gasteiger partial charge in [-0.15, -0.1) is 0 Å². The fourth-order valence-electron chi connectivity index (χ4n) is 4.92. The molecule has 43 heavy (non-hydrogen) atoms. The summed E-state index contributed by atoms with van der Waals surface area (Å²) in [6.45, 7) is 13.7. The van der Waals surface area contributed by atoms with E-state index in [0.717, 1.165) is 83.6 Å². The Balaban J connectivity index is 1.34. The molecular formula is C32H43BrN6O3Si. The topological polar surface area (TPSA) is 77.8 Å². The molecular weight excluding hydrogens is 624 g/mol. The van der Waals surface area contributed by atoms with Crippen molar-refractivity contribution in [2.45, 2.75) is 45.4 Å². The second kappa shape index (κ2) is 14.8. The Morgan fingerprint density at radius 2 is 1.70 bits per heavy atom. The molecule has 1 saturated heterocycles.